The molecule has 0 unspecified atom stereocenters. The first-order valence-electron chi connectivity index (χ1n) is 11.3. The lowest BCUT2D eigenvalue weighted by molar-refractivity contribution is -0.116. The average molecular weight is 468 g/mol. The van der Waals surface area contributed by atoms with Crippen LogP contribution in [0, 0.1) is 5.82 Å². The van der Waals surface area contributed by atoms with Gasteiger partial charge in [0.2, 0.25) is 11.7 Å². The molecule has 7 nitrogen and oxygen atoms in total. The second-order valence-corrected chi connectivity index (χ2v) is 8.62. The Morgan fingerprint density at radius 3 is 2.57 bits per heavy atom. The molecule has 1 amide bonds. The van der Waals surface area contributed by atoms with Crippen molar-refractivity contribution < 1.29 is 13.9 Å². The zero-order chi connectivity index (χ0) is 24.1. The Bertz CT molecular complexity index is 1670. The number of carbonyl (C=O) groups is 1. The van der Waals surface area contributed by atoms with Crippen LogP contribution in [0.2, 0.25) is 0 Å². The highest BCUT2D eigenvalue weighted by Gasteiger charge is 2.33. The number of rotatable bonds is 4. The van der Waals surface area contributed by atoms with Crippen molar-refractivity contribution >= 4 is 28.5 Å². The van der Waals surface area contributed by atoms with E-state index < -0.39 is 5.92 Å². The van der Waals surface area contributed by atoms with Gasteiger partial charge in [-0.2, -0.15) is 0 Å². The Hall–Kier alpha value is -4.46. The van der Waals surface area contributed by atoms with Gasteiger partial charge in [0, 0.05) is 24.9 Å². The van der Waals surface area contributed by atoms with Crippen LogP contribution in [0.5, 0.6) is 5.75 Å². The number of nitrogens with one attached hydrogen (secondary N) is 1. The fourth-order valence-electron chi connectivity index (χ4n) is 4.72. The molecule has 1 aliphatic heterocycles. The van der Waals surface area contributed by atoms with Crippen molar-refractivity contribution in [3.63, 3.8) is 0 Å². The van der Waals surface area contributed by atoms with E-state index in [9.17, 15) is 14.0 Å². The quantitative estimate of drug-likeness (QED) is 0.425. The molecule has 174 valence electrons. The van der Waals surface area contributed by atoms with Gasteiger partial charge in [0.25, 0.3) is 5.56 Å². The van der Waals surface area contributed by atoms with Gasteiger partial charge in [-0.3, -0.25) is 18.6 Å². The number of aryl methyl sites for hydroxylation is 1. The van der Waals surface area contributed by atoms with Crippen LogP contribution < -0.4 is 15.6 Å². The summed E-state index contributed by atoms with van der Waals surface area (Å²) in [6.45, 7) is 0.104. The molecule has 0 bridgehead atoms. The van der Waals surface area contributed by atoms with Crippen LogP contribution in [0.3, 0.4) is 0 Å². The highest BCUT2D eigenvalue weighted by Crippen LogP contribution is 2.37. The lowest BCUT2D eigenvalue weighted by Gasteiger charge is -2.27. The number of fused-ring (bicyclic) bond motifs is 5. The van der Waals surface area contributed by atoms with E-state index in [1.165, 1.54) is 10.6 Å². The van der Waals surface area contributed by atoms with E-state index in [0.717, 1.165) is 16.6 Å². The molecule has 2 aromatic heterocycles. The summed E-state index contributed by atoms with van der Waals surface area (Å²) in [5.41, 5.74) is 3.15. The summed E-state index contributed by atoms with van der Waals surface area (Å²) in [4.78, 5) is 30.8. The highest BCUT2D eigenvalue weighted by molar-refractivity contribution is 5.96. The molecule has 1 aliphatic rings. The van der Waals surface area contributed by atoms with Crippen LogP contribution in [0.25, 0.3) is 16.8 Å². The molecule has 0 fully saturated rings. The first kappa shape index (κ1) is 21.1. The lowest BCUT2D eigenvalue weighted by atomic mass is 9.86. The van der Waals surface area contributed by atoms with Gasteiger partial charge < -0.3 is 10.1 Å². The third-order valence-electron chi connectivity index (χ3n) is 6.49. The van der Waals surface area contributed by atoms with Gasteiger partial charge in [0.05, 0.1) is 16.6 Å². The third kappa shape index (κ3) is 3.45. The molecule has 0 radical (unpaired) electrons. The number of aromatic nitrogens is 3. The van der Waals surface area contributed by atoms with Gasteiger partial charge in [0.1, 0.15) is 24.0 Å². The Balaban J connectivity index is 1.41. The minimum atomic E-state index is -0.427. The molecule has 0 saturated carbocycles. The number of imidazole rings is 1. The molecular formula is C27H21FN4O3. The maximum Gasteiger partial charge on any atom is 0.260 e. The van der Waals surface area contributed by atoms with E-state index in [2.05, 4.69) is 10.3 Å². The molecule has 6 rings (SSSR count). The van der Waals surface area contributed by atoms with E-state index in [4.69, 9.17) is 4.74 Å². The number of nitrogens with zero attached hydrogens (tertiary/aromatic N) is 3. The second-order valence-electron chi connectivity index (χ2n) is 8.62. The predicted octanol–water partition coefficient (Wildman–Crippen LogP) is 4.38. The van der Waals surface area contributed by atoms with Crippen molar-refractivity contribution in [1.82, 2.24) is 14.0 Å². The summed E-state index contributed by atoms with van der Waals surface area (Å²) >= 11 is 0. The molecule has 3 aromatic carbocycles. The summed E-state index contributed by atoms with van der Waals surface area (Å²) in [7, 11) is 1.69. The number of anilines is 1. The molecule has 0 aliphatic carbocycles. The monoisotopic (exact) mass is 468 g/mol. The largest absolute Gasteiger partial charge is 0.489 e. The van der Waals surface area contributed by atoms with Crippen LogP contribution in [0.15, 0.2) is 77.6 Å². The Labute approximate surface area is 199 Å². The van der Waals surface area contributed by atoms with E-state index >= 15 is 0 Å². The minimum Gasteiger partial charge on any atom is -0.489 e. The van der Waals surface area contributed by atoms with Crippen molar-refractivity contribution in [3.8, 4) is 5.75 Å². The molecule has 5 aromatic rings. The predicted molar refractivity (Wildman–Crippen MR) is 130 cm³/mol. The fraction of sp³-hybridized carbons (Fsp3) is 0.148. The lowest BCUT2D eigenvalue weighted by Crippen LogP contribution is -2.35. The summed E-state index contributed by atoms with van der Waals surface area (Å²) < 4.78 is 23.0. The van der Waals surface area contributed by atoms with Gasteiger partial charge in [-0.15, -0.1) is 0 Å². The van der Waals surface area contributed by atoms with Crippen molar-refractivity contribution in [1.29, 1.82) is 0 Å². The van der Waals surface area contributed by atoms with Crippen LogP contribution in [-0.2, 0) is 18.4 Å². The van der Waals surface area contributed by atoms with E-state index in [1.54, 1.807) is 37.4 Å². The smallest absolute Gasteiger partial charge is 0.260 e. The number of hydrogen-bond donors (Lipinski definition) is 1. The minimum absolute atomic E-state index is 0.104. The molecule has 0 saturated heterocycles. The number of amides is 1. The Morgan fingerprint density at radius 1 is 1.03 bits per heavy atom. The first-order valence-corrected chi connectivity index (χ1v) is 11.3. The molecule has 1 N–H and O–H groups in total. The summed E-state index contributed by atoms with van der Waals surface area (Å²) in [6, 6.07) is 21.3. The standard InChI is InChI=1S/C27H21FN4O3/c1-31-26(34)24-19(16-10-12-18(13-11-16)35-15-17-6-2-3-7-20(17)28)14-23(33)30-25(24)32-22-9-5-4-8-21(22)29-27(31)32/h2-13,19H,14-15H2,1H3,(H,30,33)/t19-/m0/s1. The molecule has 3 heterocycles. The molecule has 0 spiro atoms. The molecule has 8 heteroatoms. The van der Waals surface area contributed by atoms with Gasteiger partial charge in [-0.1, -0.05) is 42.5 Å². The number of hydrogen-bond acceptors (Lipinski definition) is 4. The number of ether oxygens (including phenoxy) is 1. The van der Waals surface area contributed by atoms with E-state index in [0.29, 0.717) is 28.5 Å². The maximum atomic E-state index is 13.9. The second kappa shape index (κ2) is 8.09. The number of carbonyl (C=O) groups excluding carboxylic acids is 1. The van der Waals surface area contributed by atoms with Crippen LogP contribution >= 0.6 is 0 Å². The highest BCUT2D eigenvalue weighted by atomic mass is 19.1. The summed E-state index contributed by atoms with van der Waals surface area (Å²) in [5, 5.41) is 2.91. The fourth-order valence-corrected chi connectivity index (χ4v) is 4.72. The van der Waals surface area contributed by atoms with Crippen LogP contribution in [0.1, 0.15) is 29.0 Å². The Kier molecular flexibility index (Phi) is 4.88. The normalized spacial score (nSPS) is 15.3. The number of halogens is 1. The van der Waals surface area contributed by atoms with E-state index in [-0.39, 0.29) is 30.3 Å². The van der Waals surface area contributed by atoms with Gasteiger partial charge in [-0.25, -0.2) is 9.37 Å². The summed E-state index contributed by atoms with van der Waals surface area (Å²) in [5.74, 6) is 0.577. The van der Waals surface area contributed by atoms with Crippen molar-refractivity contribution in [2.24, 2.45) is 7.05 Å². The van der Waals surface area contributed by atoms with Gasteiger partial charge in [0.15, 0.2) is 0 Å². The third-order valence-corrected chi connectivity index (χ3v) is 6.49. The number of benzene rings is 3. The summed E-state index contributed by atoms with van der Waals surface area (Å²) in [6.07, 6.45) is 0.149. The van der Waals surface area contributed by atoms with Gasteiger partial charge >= 0.3 is 0 Å². The zero-order valence-corrected chi connectivity index (χ0v) is 18.9. The number of para-hydroxylation sites is 2. The SMILES string of the molecule is Cn1c(=O)c2c(n3c4ccccc4nc13)NC(=O)C[C@H]2c1ccc(OCc2ccccc2F)cc1. The first-order chi connectivity index (χ1) is 17.0. The maximum absolute atomic E-state index is 13.9. The molecule has 35 heavy (non-hydrogen) atoms. The zero-order valence-electron chi connectivity index (χ0n) is 18.9. The van der Waals surface area contributed by atoms with E-state index in [1.807, 2.05) is 40.8 Å². The van der Waals surface area contributed by atoms with Crippen molar-refractivity contribution in [2.45, 2.75) is 18.9 Å². The van der Waals surface area contributed by atoms with Crippen molar-refractivity contribution in [3.05, 3.63) is 106 Å². The molecular weight excluding hydrogens is 447 g/mol. The average Bonchev–Trinajstić information content (AvgIpc) is 3.27. The van der Waals surface area contributed by atoms with Crippen LogP contribution in [0.4, 0.5) is 10.2 Å². The van der Waals surface area contributed by atoms with Crippen LogP contribution in [-0.4, -0.2) is 19.9 Å². The molecule has 1 atom stereocenters. The van der Waals surface area contributed by atoms with Crippen molar-refractivity contribution in [2.75, 3.05) is 5.32 Å². The topological polar surface area (TPSA) is 77.6 Å². The Morgan fingerprint density at radius 2 is 1.77 bits per heavy atom. The van der Waals surface area contributed by atoms with Gasteiger partial charge in [-0.05, 0) is 35.9 Å².